The number of fused-ring (bicyclic) bond motifs is 1. The van der Waals surface area contributed by atoms with E-state index in [0.717, 1.165) is 10.3 Å². The lowest BCUT2D eigenvalue weighted by atomic mass is 10.1. The molecule has 3 aromatic rings. The smallest absolute Gasteiger partial charge is 0.274 e. The second-order valence-corrected chi connectivity index (χ2v) is 7.86. The summed E-state index contributed by atoms with van der Waals surface area (Å²) in [4.78, 5) is 18.4. The summed E-state index contributed by atoms with van der Waals surface area (Å²) in [5, 5.41) is 0.479. The molecule has 0 aliphatic carbocycles. The van der Waals surface area contributed by atoms with Crippen molar-refractivity contribution < 1.29 is 18.7 Å². The van der Waals surface area contributed by atoms with Gasteiger partial charge in [-0.15, -0.1) is 0 Å². The Bertz CT molecular complexity index is 983. The fraction of sp³-hybridized carbons (Fsp3) is 0.333. The van der Waals surface area contributed by atoms with E-state index in [4.69, 9.17) is 9.47 Å². The van der Waals surface area contributed by atoms with E-state index in [-0.39, 0.29) is 24.4 Å². The lowest BCUT2D eigenvalue weighted by Gasteiger charge is -2.31. The van der Waals surface area contributed by atoms with Gasteiger partial charge in [-0.05, 0) is 36.8 Å². The first-order valence-corrected chi connectivity index (χ1v) is 10.1. The highest BCUT2D eigenvalue weighted by Crippen LogP contribution is 2.31. The molecule has 0 N–H and O–H groups in total. The number of hydrogen-bond acceptors (Lipinski definition) is 5. The lowest BCUT2D eigenvalue weighted by molar-refractivity contribution is -0.135. The van der Waals surface area contributed by atoms with E-state index < -0.39 is 0 Å². The average Bonchev–Trinajstić information content (AvgIpc) is 3.11. The molecule has 28 heavy (non-hydrogen) atoms. The Hall–Kier alpha value is -2.67. The van der Waals surface area contributed by atoms with E-state index in [9.17, 15) is 9.18 Å². The number of carbonyl (C=O) groups is 1. The highest BCUT2D eigenvalue weighted by molar-refractivity contribution is 7.20. The van der Waals surface area contributed by atoms with Crippen LogP contribution in [0.3, 0.4) is 0 Å². The van der Waals surface area contributed by atoms with Crippen LogP contribution in [-0.2, 0) is 4.79 Å². The molecule has 1 fully saturated rings. The predicted molar refractivity (Wildman–Crippen MR) is 106 cm³/mol. The van der Waals surface area contributed by atoms with Crippen molar-refractivity contribution in [3.63, 3.8) is 0 Å². The molecule has 7 heteroatoms. The van der Waals surface area contributed by atoms with E-state index in [1.807, 2.05) is 37.3 Å². The molecule has 1 aliphatic heterocycles. The van der Waals surface area contributed by atoms with E-state index >= 15 is 0 Å². The Labute approximate surface area is 166 Å². The first-order chi connectivity index (χ1) is 13.6. The molecule has 0 saturated carbocycles. The molecule has 146 valence electrons. The van der Waals surface area contributed by atoms with Crippen molar-refractivity contribution in [2.75, 3.05) is 19.7 Å². The molecule has 1 amide bonds. The summed E-state index contributed by atoms with van der Waals surface area (Å²) in [6.45, 7) is 3.24. The first-order valence-electron chi connectivity index (χ1n) is 9.27. The van der Waals surface area contributed by atoms with Gasteiger partial charge >= 0.3 is 0 Å². The molecular formula is C21H21FN2O3S. The van der Waals surface area contributed by atoms with Crippen LogP contribution in [0, 0.1) is 12.7 Å². The molecule has 0 radical (unpaired) electrons. The summed E-state index contributed by atoms with van der Waals surface area (Å²) in [6, 6.07) is 12.6. The molecular weight excluding hydrogens is 379 g/mol. The third-order valence-electron chi connectivity index (χ3n) is 4.76. The van der Waals surface area contributed by atoms with Gasteiger partial charge in [0.25, 0.3) is 11.1 Å². The van der Waals surface area contributed by atoms with Crippen LogP contribution in [0.2, 0.25) is 0 Å². The maximum atomic E-state index is 13.8. The average molecular weight is 400 g/mol. The molecule has 0 spiro atoms. The van der Waals surface area contributed by atoms with Gasteiger partial charge in [0.1, 0.15) is 23.2 Å². The summed E-state index contributed by atoms with van der Waals surface area (Å²) >= 11 is 1.35. The molecule has 0 atom stereocenters. The molecule has 0 unspecified atom stereocenters. The van der Waals surface area contributed by atoms with Crippen molar-refractivity contribution in [2.45, 2.75) is 25.9 Å². The van der Waals surface area contributed by atoms with Crippen LogP contribution < -0.4 is 9.47 Å². The van der Waals surface area contributed by atoms with Gasteiger partial charge in [0.2, 0.25) is 0 Å². The van der Waals surface area contributed by atoms with Crippen LogP contribution in [0.25, 0.3) is 10.2 Å². The van der Waals surface area contributed by atoms with Crippen LogP contribution in [-0.4, -0.2) is 41.6 Å². The summed E-state index contributed by atoms with van der Waals surface area (Å²) < 4.78 is 26.1. The molecule has 5 nitrogen and oxygen atoms in total. The monoisotopic (exact) mass is 400 g/mol. The summed E-state index contributed by atoms with van der Waals surface area (Å²) in [7, 11) is 0. The third-order valence-corrected chi connectivity index (χ3v) is 5.68. The van der Waals surface area contributed by atoms with E-state index in [2.05, 4.69) is 4.98 Å². The summed E-state index contributed by atoms with van der Waals surface area (Å²) in [5.41, 5.74) is 1.45. The fourth-order valence-electron chi connectivity index (χ4n) is 3.25. The Morgan fingerprint density at radius 2 is 2.04 bits per heavy atom. The Morgan fingerprint density at radius 3 is 2.79 bits per heavy atom. The number of piperidine rings is 1. The summed E-state index contributed by atoms with van der Waals surface area (Å²) in [5.74, 6) is 0.342. The highest BCUT2D eigenvalue weighted by atomic mass is 32.1. The minimum atomic E-state index is -0.336. The van der Waals surface area contributed by atoms with E-state index in [1.54, 1.807) is 11.0 Å². The molecule has 1 saturated heterocycles. The van der Waals surface area contributed by atoms with Gasteiger partial charge in [-0.3, -0.25) is 4.79 Å². The highest BCUT2D eigenvalue weighted by Gasteiger charge is 2.25. The molecule has 4 rings (SSSR count). The first kappa shape index (κ1) is 18.7. The maximum Gasteiger partial charge on any atom is 0.274 e. The van der Waals surface area contributed by atoms with Crippen LogP contribution in [0.5, 0.6) is 10.9 Å². The summed E-state index contributed by atoms with van der Waals surface area (Å²) in [6.07, 6.45) is 1.41. The van der Waals surface area contributed by atoms with Crippen molar-refractivity contribution in [1.82, 2.24) is 9.88 Å². The third kappa shape index (κ3) is 4.25. The van der Waals surface area contributed by atoms with Gasteiger partial charge in [-0.1, -0.05) is 29.5 Å². The lowest BCUT2D eigenvalue weighted by Crippen LogP contribution is -2.43. The van der Waals surface area contributed by atoms with Gasteiger partial charge in [0.15, 0.2) is 6.61 Å². The number of thiazole rings is 1. The maximum absolute atomic E-state index is 13.8. The number of aromatic nitrogens is 1. The van der Waals surface area contributed by atoms with Gasteiger partial charge in [-0.2, -0.15) is 4.98 Å². The second-order valence-electron chi connectivity index (χ2n) is 6.87. The van der Waals surface area contributed by atoms with Crippen molar-refractivity contribution in [3.05, 3.63) is 53.8 Å². The number of hydrogen-bond donors (Lipinski definition) is 0. The van der Waals surface area contributed by atoms with Crippen molar-refractivity contribution in [2.24, 2.45) is 0 Å². The second kappa shape index (κ2) is 8.14. The van der Waals surface area contributed by atoms with Crippen LogP contribution >= 0.6 is 11.3 Å². The SMILES string of the molecule is Cc1cccc(OCC(=O)N2CCC(Oc3nc4c(F)cccc4s3)CC2)c1. The van der Waals surface area contributed by atoms with Gasteiger partial charge < -0.3 is 14.4 Å². The number of rotatable bonds is 5. The molecule has 2 heterocycles. The van der Waals surface area contributed by atoms with Crippen molar-refractivity contribution >= 4 is 27.5 Å². The number of aryl methyl sites for hydroxylation is 1. The number of para-hydroxylation sites is 1. The van der Waals surface area contributed by atoms with Crippen LogP contribution in [0.1, 0.15) is 18.4 Å². The number of nitrogens with zero attached hydrogens (tertiary/aromatic N) is 2. The number of ether oxygens (including phenoxy) is 2. The van der Waals surface area contributed by atoms with E-state index in [1.165, 1.54) is 17.4 Å². The van der Waals surface area contributed by atoms with Gasteiger partial charge in [0, 0.05) is 25.9 Å². The Kier molecular flexibility index (Phi) is 5.43. The number of likely N-dealkylation sites (tertiary alicyclic amines) is 1. The topological polar surface area (TPSA) is 51.7 Å². The number of benzene rings is 2. The normalized spacial score (nSPS) is 15.0. The molecule has 1 aliphatic rings. The van der Waals surface area contributed by atoms with E-state index in [0.29, 0.717) is 42.4 Å². The quantitative estimate of drug-likeness (QED) is 0.644. The Balaban J connectivity index is 1.27. The minimum Gasteiger partial charge on any atom is -0.484 e. The zero-order valence-corrected chi connectivity index (χ0v) is 16.4. The minimum absolute atomic E-state index is 0.0228. The molecule has 0 bridgehead atoms. The zero-order chi connectivity index (χ0) is 19.5. The largest absolute Gasteiger partial charge is 0.484 e. The van der Waals surface area contributed by atoms with Gasteiger partial charge in [-0.25, -0.2) is 4.39 Å². The predicted octanol–water partition coefficient (Wildman–Crippen LogP) is 4.19. The Morgan fingerprint density at radius 1 is 1.25 bits per heavy atom. The van der Waals surface area contributed by atoms with Crippen LogP contribution in [0.15, 0.2) is 42.5 Å². The fourth-order valence-corrected chi connectivity index (χ4v) is 4.15. The number of halogens is 1. The molecule has 2 aromatic carbocycles. The van der Waals surface area contributed by atoms with Crippen LogP contribution in [0.4, 0.5) is 4.39 Å². The number of carbonyl (C=O) groups excluding carboxylic acids is 1. The van der Waals surface area contributed by atoms with Crippen molar-refractivity contribution in [3.8, 4) is 10.9 Å². The standard InChI is InChI=1S/C21H21FN2O3S/c1-14-4-2-5-16(12-14)26-13-19(25)24-10-8-15(9-11-24)27-21-23-20-17(22)6-3-7-18(20)28-21/h2-7,12,15H,8-11,13H2,1H3. The van der Waals surface area contributed by atoms with Crippen molar-refractivity contribution in [1.29, 1.82) is 0 Å². The number of amides is 1. The zero-order valence-electron chi connectivity index (χ0n) is 15.6. The molecule has 1 aromatic heterocycles. The van der Waals surface area contributed by atoms with Gasteiger partial charge in [0.05, 0.1) is 4.70 Å².